The molecular weight excluding hydrogens is 254 g/mol. The van der Waals surface area contributed by atoms with Gasteiger partial charge in [0, 0.05) is 9.86 Å². The highest BCUT2D eigenvalue weighted by atomic mass is 79.9. The van der Waals surface area contributed by atoms with Gasteiger partial charge in [-0.1, -0.05) is 15.9 Å². The first-order chi connectivity index (χ1) is 7.25. The van der Waals surface area contributed by atoms with Crippen LogP contribution in [-0.4, -0.2) is 14.6 Å². The lowest BCUT2D eigenvalue weighted by atomic mass is 10.2. The number of aromatic nitrogens is 3. The quantitative estimate of drug-likeness (QED) is 0.623. The average Bonchev–Trinajstić information content (AvgIpc) is 2.66. The van der Waals surface area contributed by atoms with Crippen LogP contribution < -0.4 is 0 Å². The van der Waals surface area contributed by atoms with E-state index in [0.717, 1.165) is 21.2 Å². The minimum Gasteiger partial charge on any atom is -0.215 e. The first-order valence-corrected chi connectivity index (χ1v) is 5.43. The predicted molar refractivity (Wildman–Crippen MR) is 62.9 cm³/mol. The van der Waals surface area contributed by atoms with Crippen molar-refractivity contribution in [2.24, 2.45) is 0 Å². The van der Waals surface area contributed by atoms with E-state index in [2.05, 4.69) is 38.1 Å². The summed E-state index contributed by atoms with van der Waals surface area (Å²) in [6.45, 7) is 2.05. The van der Waals surface area contributed by atoms with Crippen LogP contribution in [-0.2, 0) is 0 Å². The number of hydrogen-bond donors (Lipinski definition) is 0. The minimum absolute atomic E-state index is 0.921. The van der Waals surface area contributed by atoms with Gasteiger partial charge in [-0.3, -0.25) is 0 Å². The van der Waals surface area contributed by atoms with E-state index in [1.54, 1.807) is 6.33 Å². The standard InChI is InChI=1S/C11H8BrN3/c1-7-4-8-5-9(12)2-3-10(8)15-11(7)13-6-14-15/h2-6H,1H3. The maximum absolute atomic E-state index is 4.23. The molecule has 15 heavy (non-hydrogen) atoms. The summed E-state index contributed by atoms with van der Waals surface area (Å²) in [5.41, 5.74) is 3.14. The Hall–Kier alpha value is -1.42. The Morgan fingerprint density at radius 2 is 2.13 bits per heavy atom. The summed E-state index contributed by atoms with van der Waals surface area (Å²) in [7, 11) is 0. The van der Waals surface area contributed by atoms with E-state index >= 15 is 0 Å². The third-order valence-corrected chi connectivity index (χ3v) is 2.98. The summed E-state index contributed by atoms with van der Waals surface area (Å²) in [6.07, 6.45) is 1.59. The fourth-order valence-corrected chi connectivity index (χ4v) is 2.20. The average molecular weight is 262 g/mol. The Kier molecular flexibility index (Phi) is 1.79. The number of benzene rings is 1. The summed E-state index contributed by atoms with van der Waals surface area (Å²) in [6, 6.07) is 8.27. The Morgan fingerprint density at radius 3 is 3.00 bits per heavy atom. The fourth-order valence-electron chi connectivity index (χ4n) is 1.82. The Morgan fingerprint density at radius 1 is 1.27 bits per heavy atom. The van der Waals surface area contributed by atoms with Crippen LogP contribution in [0, 0.1) is 6.92 Å². The van der Waals surface area contributed by atoms with Gasteiger partial charge in [-0.25, -0.2) is 9.50 Å². The van der Waals surface area contributed by atoms with Crippen LogP contribution in [0.4, 0.5) is 0 Å². The smallest absolute Gasteiger partial charge is 0.158 e. The third kappa shape index (κ3) is 1.25. The lowest BCUT2D eigenvalue weighted by molar-refractivity contribution is 0.999. The molecule has 0 unspecified atom stereocenters. The molecule has 0 aliphatic heterocycles. The summed E-state index contributed by atoms with van der Waals surface area (Å²) in [4.78, 5) is 4.23. The second-order valence-corrected chi connectivity index (χ2v) is 4.44. The van der Waals surface area contributed by atoms with Crippen molar-refractivity contribution in [3.63, 3.8) is 0 Å². The zero-order chi connectivity index (χ0) is 10.4. The van der Waals surface area contributed by atoms with Gasteiger partial charge in [0.1, 0.15) is 6.33 Å². The van der Waals surface area contributed by atoms with Gasteiger partial charge in [0.2, 0.25) is 0 Å². The maximum Gasteiger partial charge on any atom is 0.158 e. The first kappa shape index (κ1) is 8.85. The minimum atomic E-state index is 0.921. The van der Waals surface area contributed by atoms with Crippen LogP contribution in [0.1, 0.15) is 5.56 Å². The highest BCUT2D eigenvalue weighted by Crippen LogP contribution is 2.22. The van der Waals surface area contributed by atoms with Crippen LogP contribution in [0.5, 0.6) is 0 Å². The van der Waals surface area contributed by atoms with Crippen molar-refractivity contribution in [1.29, 1.82) is 0 Å². The molecule has 0 radical (unpaired) electrons. The van der Waals surface area contributed by atoms with Gasteiger partial charge in [-0.15, -0.1) is 0 Å². The molecule has 3 nitrogen and oxygen atoms in total. The topological polar surface area (TPSA) is 30.2 Å². The normalized spacial score (nSPS) is 11.3. The van der Waals surface area contributed by atoms with Gasteiger partial charge < -0.3 is 0 Å². The van der Waals surface area contributed by atoms with Gasteiger partial charge in [0.05, 0.1) is 5.52 Å². The van der Waals surface area contributed by atoms with E-state index in [1.165, 1.54) is 5.39 Å². The number of pyridine rings is 1. The van der Waals surface area contributed by atoms with Crippen molar-refractivity contribution in [3.05, 3.63) is 40.6 Å². The van der Waals surface area contributed by atoms with Crippen LogP contribution in [0.3, 0.4) is 0 Å². The van der Waals surface area contributed by atoms with Crippen LogP contribution in [0.15, 0.2) is 35.1 Å². The van der Waals surface area contributed by atoms with Crippen LogP contribution in [0.2, 0.25) is 0 Å². The first-order valence-electron chi connectivity index (χ1n) is 4.64. The molecule has 0 bridgehead atoms. The molecule has 0 aliphatic carbocycles. The number of aryl methyl sites for hydroxylation is 1. The lowest BCUT2D eigenvalue weighted by Crippen LogP contribution is -1.92. The Balaban J connectivity index is 2.60. The molecule has 0 atom stereocenters. The molecule has 0 aliphatic rings. The van der Waals surface area contributed by atoms with Gasteiger partial charge in [-0.2, -0.15) is 5.10 Å². The number of rotatable bonds is 0. The molecule has 74 valence electrons. The summed E-state index contributed by atoms with van der Waals surface area (Å²) < 4.78 is 2.95. The zero-order valence-electron chi connectivity index (χ0n) is 8.11. The van der Waals surface area contributed by atoms with Crippen molar-refractivity contribution in [3.8, 4) is 0 Å². The van der Waals surface area contributed by atoms with Gasteiger partial charge >= 0.3 is 0 Å². The lowest BCUT2D eigenvalue weighted by Gasteiger charge is -2.03. The molecule has 3 rings (SSSR count). The molecule has 0 saturated carbocycles. The van der Waals surface area contributed by atoms with Crippen molar-refractivity contribution in [2.75, 3.05) is 0 Å². The molecule has 0 amide bonds. The predicted octanol–water partition coefficient (Wildman–Crippen LogP) is 2.95. The largest absolute Gasteiger partial charge is 0.215 e. The molecule has 0 N–H and O–H groups in total. The van der Waals surface area contributed by atoms with E-state index < -0.39 is 0 Å². The molecule has 4 heteroatoms. The maximum atomic E-state index is 4.23. The molecule has 2 heterocycles. The zero-order valence-corrected chi connectivity index (χ0v) is 9.69. The summed E-state index contributed by atoms with van der Waals surface area (Å²) in [5, 5.41) is 5.39. The van der Waals surface area contributed by atoms with Crippen molar-refractivity contribution in [1.82, 2.24) is 14.6 Å². The van der Waals surface area contributed by atoms with E-state index in [4.69, 9.17) is 0 Å². The third-order valence-electron chi connectivity index (χ3n) is 2.49. The number of halogens is 1. The fraction of sp³-hybridized carbons (Fsp3) is 0.0909. The molecule has 3 aromatic rings. The SMILES string of the molecule is Cc1cc2cc(Br)ccc2n2ncnc12. The van der Waals surface area contributed by atoms with E-state index in [1.807, 2.05) is 23.6 Å². The van der Waals surface area contributed by atoms with Gasteiger partial charge in [0.25, 0.3) is 0 Å². The summed E-state index contributed by atoms with van der Waals surface area (Å²) in [5.74, 6) is 0. The monoisotopic (exact) mass is 261 g/mol. The Labute approximate surface area is 94.9 Å². The van der Waals surface area contributed by atoms with Gasteiger partial charge in [-0.05, 0) is 36.8 Å². The summed E-state index contributed by atoms with van der Waals surface area (Å²) >= 11 is 3.47. The van der Waals surface area contributed by atoms with Gasteiger partial charge in [0.15, 0.2) is 5.65 Å². The van der Waals surface area contributed by atoms with Crippen LogP contribution in [0.25, 0.3) is 16.6 Å². The van der Waals surface area contributed by atoms with E-state index in [9.17, 15) is 0 Å². The highest BCUT2D eigenvalue weighted by molar-refractivity contribution is 9.10. The molecule has 0 spiro atoms. The molecule has 0 saturated heterocycles. The van der Waals surface area contributed by atoms with E-state index in [-0.39, 0.29) is 0 Å². The van der Waals surface area contributed by atoms with Crippen molar-refractivity contribution in [2.45, 2.75) is 6.92 Å². The second kappa shape index (κ2) is 3.03. The molecular formula is C11H8BrN3. The molecule has 0 fully saturated rings. The molecule has 2 aromatic heterocycles. The Bertz CT molecular complexity index is 657. The molecule has 1 aromatic carbocycles. The van der Waals surface area contributed by atoms with Crippen LogP contribution >= 0.6 is 15.9 Å². The highest BCUT2D eigenvalue weighted by Gasteiger charge is 2.05. The number of fused-ring (bicyclic) bond motifs is 3. The van der Waals surface area contributed by atoms with Crippen molar-refractivity contribution >= 4 is 32.5 Å². The van der Waals surface area contributed by atoms with E-state index in [0.29, 0.717) is 0 Å². The number of nitrogens with zero attached hydrogens (tertiary/aromatic N) is 3. The number of hydrogen-bond acceptors (Lipinski definition) is 2. The van der Waals surface area contributed by atoms with Crippen molar-refractivity contribution < 1.29 is 0 Å². The second-order valence-electron chi connectivity index (χ2n) is 3.53.